The Morgan fingerprint density at radius 3 is 2.30 bits per heavy atom. The number of imide groups is 2. The number of halogens is 2. The van der Waals surface area contributed by atoms with Crippen LogP contribution in [0.3, 0.4) is 0 Å². The summed E-state index contributed by atoms with van der Waals surface area (Å²) in [6, 6.07) is 4.28. The molecule has 4 aliphatic heterocycles. The quantitative estimate of drug-likeness (QED) is 0.287. The highest BCUT2D eigenvalue weighted by molar-refractivity contribution is 6.25. The Balaban J connectivity index is 0.822. The molecule has 5 heterocycles. The average molecular weight is 782 g/mol. The minimum atomic E-state index is -2.82. The van der Waals surface area contributed by atoms with Crippen LogP contribution >= 0.6 is 0 Å². The van der Waals surface area contributed by atoms with Gasteiger partial charge < -0.3 is 19.3 Å². The van der Waals surface area contributed by atoms with Crippen LogP contribution in [0.5, 0.6) is 0 Å². The van der Waals surface area contributed by atoms with E-state index in [-0.39, 0.29) is 30.7 Å². The van der Waals surface area contributed by atoms with Crippen molar-refractivity contribution in [1.82, 2.24) is 24.9 Å². The molecule has 1 saturated carbocycles. The molecule has 1 aromatic carbocycles. The number of ether oxygens (including phenoxy) is 2. The maximum Gasteiger partial charge on any atom is 0.412 e. The molecule has 304 valence electrons. The number of carbonyl (C=O) groups excluding carboxylic acids is 5. The van der Waals surface area contributed by atoms with Crippen molar-refractivity contribution in [3.05, 3.63) is 41.2 Å². The molecular weight excluding hydrogens is 728 g/mol. The fraction of sp³-hybridized carbons (Fsp3) is 0.650. The lowest BCUT2D eigenvalue weighted by Crippen LogP contribution is -2.54. The maximum atomic E-state index is 13.8. The van der Waals surface area contributed by atoms with Gasteiger partial charge >= 0.3 is 6.09 Å². The molecule has 0 spiro atoms. The summed E-state index contributed by atoms with van der Waals surface area (Å²) >= 11 is 0. The van der Waals surface area contributed by atoms with Crippen LogP contribution in [0.1, 0.15) is 124 Å². The lowest BCUT2D eigenvalue weighted by atomic mass is 9.85. The second-order valence-corrected chi connectivity index (χ2v) is 16.9. The molecule has 3 saturated heterocycles. The van der Waals surface area contributed by atoms with Gasteiger partial charge in [0.2, 0.25) is 11.8 Å². The van der Waals surface area contributed by atoms with E-state index >= 15 is 0 Å². The largest absolute Gasteiger partial charge is 0.444 e. The van der Waals surface area contributed by atoms with Gasteiger partial charge in [0.05, 0.1) is 34.6 Å². The van der Waals surface area contributed by atoms with Gasteiger partial charge in [-0.2, -0.15) is 5.10 Å². The lowest BCUT2D eigenvalue weighted by molar-refractivity contribution is -0.136. The van der Waals surface area contributed by atoms with Gasteiger partial charge in [-0.1, -0.05) is 6.07 Å². The van der Waals surface area contributed by atoms with Crippen molar-refractivity contribution < 1.29 is 42.2 Å². The summed E-state index contributed by atoms with van der Waals surface area (Å²) in [7, 11) is 0. The second kappa shape index (κ2) is 16.6. The molecular formula is C40H53F2N7O7. The highest BCUT2D eigenvalue weighted by Gasteiger charge is 2.46. The van der Waals surface area contributed by atoms with E-state index in [1.54, 1.807) is 37.6 Å². The molecule has 0 bridgehead atoms. The van der Waals surface area contributed by atoms with Crippen LogP contribution in [0, 0.1) is 11.8 Å². The lowest BCUT2D eigenvalue weighted by Gasteiger charge is -2.38. The van der Waals surface area contributed by atoms with E-state index in [0.717, 1.165) is 89.0 Å². The average Bonchev–Trinajstić information content (AvgIpc) is 3.69. The number of piperidine rings is 3. The third-order valence-corrected chi connectivity index (χ3v) is 11.8. The summed E-state index contributed by atoms with van der Waals surface area (Å²) in [5.41, 5.74) is 0.134. The molecule has 4 fully saturated rings. The Morgan fingerprint density at radius 2 is 1.64 bits per heavy atom. The van der Waals surface area contributed by atoms with Gasteiger partial charge in [-0.25, -0.2) is 13.6 Å². The van der Waals surface area contributed by atoms with Gasteiger partial charge in [0.25, 0.3) is 18.2 Å². The Kier molecular flexibility index (Phi) is 11.8. The number of nitrogens with zero attached hydrogens (tertiary/aromatic N) is 5. The zero-order valence-electron chi connectivity index (χ0n) is 32.4. The third kappa shape index (κ3) is 8.90. The van der Waals surface area contributed by atoms with Crippen LogP contribution in [0.4, 0.5) is 25.0 Å². The molecule has 1 aromatic heterocycles. The molecule has 16 heteroatoms. The highest BCUT2D eigenvalue weighted by atomic mass is 19.3. The molecule has 0 radical (unpaired) electrons. The molecule has 5 aliphatic rings. The SMILES string of the molecule is CC(C)(C)OC(=O)Nc1cn(C2CCC(CN3CCC(OCC4CCN(c5cccc6c5C(=O)N(C5CCC(=O)NC5=O)C6=O)CC4)CC3)CC2)nc1C(F)F. The van der Waals surface area contributed by atoms with Gasteiger partial charge in [0, 0.05) is 51.9 Å². The molecule has 2 N–H and O–H groups in total. The summed E-state index contributed by atoms with van der Waals surface area (Å²) < 4.78 is 40.8. The van der Waals surface area contributed by atoms with Crippen molar-refractivity contribution >= 4 is 41.1 Å². The van der Waals surface area contributed by atoms with Crippen molar-refractivity contribution in [2.24, 2.45) is 11.8 Å². The first kappa shape index (κ1) is 39.8. The van der Waals surface area contributed by atoms with Gasteiger partial charge in [-0.3, -0.25) is 39.4 Å². The van der Waals surface area contributed by atoms with Crippen molar-refractivity contribution in [1.29, 1.82) is 0 Å². The molecule has 1 unspecified atom stereocenters. The molecule has 5 amide bonds. The fourth-order valence-corrected chi connectivity index (χ4v) is 8.85. The first-order valence-electron chi connectivity index (χ1n) is 20.0. The van der Waals surface area contributed by atoms with Gasteiger partial charge in [0.1, 0.15) is 11.6 Å². The van der Waals surface area contributed by atoms with E-state index < -0.39 is 53.5 Å². The van der Waals surface area contributed by atoms with Crippen molar-refractivity contribution in [2.45, 2.75) is 115 Å². The zero-order chi connectivity index (χ0) is 39.7. The third-order valence-electron chi connectivity index (χ3n) is 11.8. The Hall–Kier alpha value is -4.44. The van der Waals surface area contributed by atoms with E-state index in [1.807, 2.05) is 6.07 Å². The number of fused-ring (bicyclic) bond motifs is 1. The van der Waals surface area contributed by atoms with Crippen LogP contribution in [0.15, 0.2) is 24.4 Å². The van der Waals surface area contributed by atoms with Gasteiger partial charge in [0.15, 0.2) is 5.69 Å². The van der Waals surface area contributed by atoms with Gasteiger partial charge in [-0.15, -0.1) is 0 Å². The molecule has 1 aliphatic carbocycles. The number of hydrogen-bond donors (Lipinski definition) is 2. The van der Waals surface area contributed by atoms with Crippen LogP contribution < -0.4 is 15.5 Å². The second-order valence-electron chi connectivity index (χ2n) is 16.9. The Bertz CT molecular complexity index is 1810. The molecule has 7 rings (SSSR count). The summed E-state index contributed by atoms with van der Waals surface area (Å²) in [6.45, 7) is 10.2. The maximum absolute atomic E-state index is 13.8. The monoisotopic (exact) mass is 781 g/mol. The van der Waals surface area contributed by atoms with Crippen LogP contribution in [0.25, 0.3) is 0 Å². The summed E-state index contributed by atoms with van der Waals surface area (Å²) in [4.78, 5) is 69.0. The predicted molar refractivity (Wildman–Crippen MR) is 202 cm³/mol. The van der Waals surface area contributed by atoms with E-state index in [0.29, 0.717) is 35.3 Å². The smallest absolute Gasteiger partial charge is 0.412 e. The molecule has 1 atom stereocenters. The number of rotatable bonds is 10. The standard InChI is InChI=1S/C40H53F2N7O7/c1-40(2,3)56-39(54)43-29-22-48(45-34(29)35(41)42)26-9-7-24(8-10-26)21-46-17-15-27(16-18-46)55-23-25-13-19-47(20-14-25)30-6-4-5-28-33(30)38(53)49(37(28)52)31-11-12-32(50)44-36(31)51/h4-6,22,24-27,31,35H,7-21,23H2,1-3H3,(H,43,54)(H,44,50,51). The van der Waals surface area contributed by atoms with E-state index in [9.17, 15) is 32.8 Å². The number of nitrogens with one attached hydrogen (secondary N) is 2. The normalized spacial score (nSPS) is 24.5. The van der Waals surface area contributed by atoms with E-state index in [1.165, 1.54) is 6.20 Å². The van der Waals surface area contributed by atoms with E-state index in [4.69, 9.17) is 9.47 Å². The minimum Gasteiger partial charge on any atom is -0.444 e. The topological polar surface area (TPSA) is 155 Å². The number of hydrogen-bond acceptors (Lipinski definition) is 10. The van der Waals surface area contributed by atoms with Crippen LogP contribution in [0.2, 0.25) is 0 Å². The highest BCUT2D eigenvalue weighted by Crippen LogP contribution is 2.38. The molecule has 2 aromatic rings. The van der Waals surface area contributed by atoms with Crippen LogP contribution in [-0.2, 0) is 19.1 Å². The first-order valence-corrected chi connectivity index (χ1v) is 20.0. The van der Waals surface area contributed by atoms with Crippen molar-refractivity contribution in [3.8, 4) is 0 Å². The van der Waals surface area contributed by atoms with E-state index in [2.05, 4.69) is 25.5 Å². The summed E-state index contributed by atoms with van der Waals surface area (Å²) in [6.07, 6.45) is 5.69. The number of anilines is 2. The number of likely N-dealkylation sites (tertiary alicyclic amines) is 1. The Morgan fingerprint density at radius 1 is 0.929 bits per heavy atom. The summed E-state index contributed by atoms with van der Waals surface area (Å²) in [5.74, 6) is -1.07. The minimum absolute atomic E-state index is 0.000478. The van der Waals surface area contributed by atoms with Gasteiger partial charge in [-0.05, 0) is 103 Å². The number of amides is 5. The van der Waals surface area contributed by atoms with Crippen molar-refractivity contribution in [2.75, 3.05) is 49.5 Å². The molecule has 56 heavy (non-hydrogen) atoms. The number of carbonyl (C=O) groups is 5. The zero-order valence-corrected chi connectivity index (χ0v) is 32.4. The number of aromatic nitrogens is 2. The Labute approximate surface area is 325 Å². The summed E-state index contributed by atoms with van der Waals surface area (Å²) in [5, 5.41) is 8.87. The van der Waals surface area contributed by atoms with Crippen molar-refractivity contribution in [3.63, 3.8) is 0 Å². The predicted octanol–water partition coefficient (Wildman–Crippen LogP) is 5.70. The fourth-order valence-electron chi connectivity index (χ4n) is 8.85. The number of alkyl halides is 2. The number of benzene rings is 1. The first-order chi connectivity index (χ1) is 26.7. The molecule has 14 nitrogen and oxygen atoms in total. The van der Waals surface area contributed by atoms with Crippen LogP contribution in [-0.4, -0.2) is 106 Å².